The number of carboxylic acid groups (broad SMARTS) is 1. The Balaban J connectivity index is 2.23. The largest absolute Gasteiger partial charge is 0.506 e. The summed E-state index contributed by atoms with van der Waals surface area (Å²) < 4.78 is 5.20. The van der Waals surface area contributed by atoms with Gasteiger partial charge in [0.05, 0.1) is 5.02 Å². The standard InChI is InChI=1S/C18H20ClNO6/c1-8(2)16(17(23)24)20-15(22)5-4-10-9(3)11-6-12(19)13(21)7-14(11)26-18(10)25/h6-8,16,21H,4-5H2,1-3H3,(H,20,22)(H,23,24)/t16-/m1/s1. The number of hydrogen-bond acceptors (Lipinski definition) is 5. The zero-order chi connectivity index (χ0) is 19.6. The van der Waals surface area contributed by atoms with Crippen molar-refractivity contribution in [1.29, 1.82) is 0 Å². The Kier molecular flexibility index (Phi) is 5.92. The number of halogens is 1. The highest BCUT2D eigenvalue weighted by molar-refractivity contribution is 6.32. The number of phenolic OH excluding ortho intramolecular Hbond substituents is 1. The molecule has 0 fully saturated rings. The molecule has 0 aliphatic carbocycles. The zero-order valence-electron chi connectivity index (χ0n) is 14.6. The molecule has 0 radical (unpaired) electrons. The SMILES string of the molecule is Cc1c(CCC(=O)N[C@@H](C(=O)O)C(C)C)c(=O)oc2cc(O)c(Cl)cc12. The van der Waals surface area contributed by atoms with Crippen LogP contribution < -0.4 is 10.9 Å². The van der Waals surface area contributed by atoms with Gasteiger partial charge < -0.3 is 19.9 Å². The van der Waals surface area contributed by atoms with E-state index in [9.17, 15) is 19.5 Å². The Morgan fingerprint density at radius 2 is 1.96 bits per heavy atom. The summed E-state index contributed by atoms with van der Waals surface area (Å²) in [5.74, 6) is -2.03. The molecule has 0 spiro atoms. The summed E-state index contributed by atoms with van der Waals surface area (Å²) in [6, 6.07) is 1.77. The van der Waals surface area contributed by atoms with E-state index in [1.165, 1.54) is 12.1 Å². The van der Waals surface area contributed by atoms with Crippen molar-refractivity contribution in [1.82, 2.24) is 5.32 Å². The molecule has 0 aliphatic rings. The number of aryl methyl sites for hydroxylation is 1. The summed E-state index contributed by atoms with van der Waals surface area (Å²) in [6.45, 7) is 5.09. The van der Waals surface area contributed by atoms with Gasteiger partial charge in [0.1, 0.15) is 17.4 Å². The molecule has 0 saturated heterocycles. The molecule has 0 saturated carbocycles. The zero-order valence-corrected chi connectivity index (χ0v) is 15.4. The third kappa shape index (κ3) is 4.16. The topological polar surface area (TPSA) is 117 Å². The number of aliphatic carboxylic acids is 1. The maximum absolute atomic E-state index is 12.2. The summed E-state index contributed by atoms with van der Waals surface area (Å²) in [7, 11) is 0. The molecule has 1 heterocycles. The minimum atomic E-state index is -1.11. The highest BCUT2D eigenvalue weighted by atomic mass is 35.5. The number of phenols is 1. The molecule has 0 bridgehead atoms. The Morgan fingerprint density at radius 1 is 1.31 bits per heavy atom. The predicted molar refractivity (Wildman–Crippen MR) is 96.6 cm³/mol. The number of aromatic hydroxyl groups is 1. The lowest BCUT2D eigenvalue weighted by atomic mass is 10.0. The van der Waals surface area contributed by atoms with Gasteiger partial charge in [0.15, 0.2) is 0 Å². The van der Waals surface area contributed by atoms with E-state index in [0.29, 0.717) is 16.5 Å². The van der Waals surface area contributed by atoms with Crippen LogP contribution in [0.1, 0.15) is 31.4 Å². The highest BCUT2D eigenvalue weighted by Gasteiger charge is 2.23. The number of carbonyl (C=O) groups is 2. The minimum Gasteiger partial charge on any atom is -0.506 e. The lowest BCUT2D eigenvalue weighted by Crippen LogP contribution is -2.44. The molecular weight excluding hydrogens is 362 g/mol. The second-order valence-electron chi connectivity index (χ2n) is 6.42. The average molecular weight is 382 g/mol. The minimum absolute atomic E-state index is 0.0561. The number of hydrogen-bond donors (Lipinski definition) is 3. The van der Waals surface area contributed by atoms with Gasteiger partial charge in [0.2, 0.25) is 5.91 Å². The van der Waals surface area contributed by atoms with Crippen LogP contribution in [0.4, 0.5) is 0 Å². The number of amides is 1. The molecule has 8 heteroatoms. The maximum Gasteiger partial charge on any atom is 0.339 e. The van der Waals surface area contributed by atoms with Gasteiger partial charge in [-0.2, -0.15) is 0 Å². The molecule has 2 aromatic rings. The fourth-order valence-corrected chi connectivity index (χ4v) is 2.85. The van der Waals surface area contributed by atoms with E-state index >= 15 is 0 Å². The summed E-state index contributed by atoms with van der Waals surface area (Å²) in [6.07, 6.45) is 0.0400. The second kappa shape index (κ2) is 7.78. The summed E-state index contributed by atoms with van der Waals surface area (Å²) in [4.78, 5) is 35.4. The van der Waals surface area contributed by atoms with Gasteiger partial charge in [0.25, 0.3) is 0 Å². The Hall–Kier alpha value is -2.54. The molecule has 7 nitrogen and oxygen atoms in total. The van der Waals surface area contributed by atoms with Crippen LogP contribution in [-0.4, -0.2) is 28.1 Å². The first-order valence-electron chi connectivity index (χ1n) is 8.08. The Morgan fingerprint density at radius 3 is 2.54 bits per heavy atom. The third-order valence-corrected chi connectivity index (χ3v) is 4.51. The van der Waals surface area contributed by atoms with Crippen LogP contribution in [0, 0.1) is 12.8 Å². The van der Waals surface area contributed by atoms with E-state index in [1.807, 2.05) is 0 Å². The molecule has 1 aromatic carbocycles. The number of nitrogens with one attached hydrogen (secondary N) is 1. The summed E-state index contributed by atoms with van der Waals surface area (Å²) in [5, 5.41) is 21.9. The fourth-order valence-electron chi connectivity index (χ4n) is 2.68. The van der Waals surface area contributed by atoms with Crippen LogP contribution in [0.25, 0.3) is 11.0 Å². The van der Waals surface area contributed by atoms with Crippen molar-refractivity contribution in [3.63, 3.8) is 0 Å². The van der Waals surface area contributed by atoms with Crippen molar-refractivity contribution in [3.8, 4) is 5.75 Å². The summed E-state index contributed by atoms with van der Waals surface area (Å²) in [5.41, 5.74) is 0.506. The number of benzene rings is 1. The number of carboxylic acids is 1. The maximum atomic E-state index is 12.2. The Bertz CT molecular complexity index is 918. The van der Waals surface area contributed by atoms with Crippen LogP contribution in [0.15, 0.2) is 21.3 Å². The van der Waals surface area contributed by atoms with Gasteiger partial charge in [-0.05, 0) is 30.9 Å². The van der Waals surface area contributed by atoms with Crippen molar-refractivity contribution in [2.45, 2.75) is 39.7 Å². The van der Waals surface area contributed by atoms with Crippen LogP contribution in [-0.2, 0) is 16.0 Å². The first-order valence-corrected chi connectivity index (χ1v) is 8.46. The second-order valence-corrected chi connectivity index (χ2v) is 6.83. The smallest absolute Gasteiger partial charge is 0.339 e. The van der Waals surface area contributed by atoms with Crippen molar-refractivity contribution in [2.24, 2.45) is 5.92 Å². The van der Waals surface area contributed by atoms with E-state index in [0.717, 1.165) is 0 Å². The van der Waals surface area contributed by atoms with E-state index in [1.54, 1.807) is 20.8 Å². The normalized spacial score (nSPS) is 12.3. The average Bonchev–Trinajstić information content (AvgIpc) is 2.54. The molecule has 140 valence electrons. The Labute approximate surface area is 154 Å². The van der Waals surface area contributed by atoms with Crippen LogP contribution in [0.5, 0.6) is 5.75 Å². The summed E-state index contributed by atoms with van der Waals surface area (Å²) >= 11 is 5.91. The quantitative estimate of drug-likeness (QED) is 0.662. The predicted octanol–water partition coefficient (Wildman–Crippen LogP) is 2.62. The van der Waals surface area contributed by atoms with E-state index in [2.05, 4.69) is 5.32 Å². The number of fused-ring (bicyclic) bond motifs is 1. The van der Waals surface area contributed by atoms with E-state index in [-0.39, 0.29) is 35.1 Å². The van der Waals surface area contributed by atoms with Crippen LogP contribution in [0.3, 0.4) is 0 Å². The molecule has 0 aliphatic heterocycles. The molecule has 1 amide bonds. The number of rotatable bonds is 6. The molecular formula is C18H20ClNO6. The van der Waals surface area contributed by atoms with Gasteiger partial charge in [-0.25, -0.2) is 9.59 Å². The monoisotopic (exact) mass is 381 g/mol. The van der Waals surface area contributed by atoms with Gasteiger partial charge in [-0.15, -0.1) is 0 Å². The van der Waals surface area contributed by atoms with Gasteiger partial charge in [-0.3, -0.25) is 4.79 Å². The molecule has 26 heavy (non-hydrogen) atoms. The van der Waals surface area contributed by atoms with Crippen molar-refractivity contribution >= 4 is 34.4 Å². The molecule has 1 aromatic heterocycles. The first-order chi connectivity index (χ1) is 12.1. The third-order valence-electron chi connectivity index (χ3n) is 4.21. The molecule has 0 unspecified atom stereocenters. The van der Waals surface area contributed by atoms with Crippen LogP contribution >= 0.6 is 11.6 Å². The first kappa shape index (κ1) is 19.8. The van der Waals surface area contributed by atoms with E-state index < -0.39 is 23.5 Å². The molecule has 2 rings (SSSR count). The van der Waals surface area contributed by atoms with Crippen LogP contribution in [0.2, 0.25) is 5.02 Å². The lowest BCUT2D eigenvalue weighted by molar-refractivity contribution is -0.143. The molecule has 1 atom stereocenters. The van der Waals surface area contributed by atoms with Gasteiger partial charge >= 0.3 is 11.6 Å². The fraction of sp³-hybridized carbons (Fsp3) is 0.389. The van der Waals surface area contributed by atoms with Crippen molar-refractivity contribution in [3.05, 3.63) is 38.7 Å². The van der Waals surface area contributed by atoms with Gasteiger partial charge in [0, 0.05) is 23.4 Å². The van der Waals surface area contributed by atoms with Gasteiger partial charge in [-0.1, -0.05) is 25.4 Å². The van der Waals surface area contributed by atoms with Crippen molar-refractivity contribution < 1.29 is 24.2 Å². The lowest BCUT2D eigenvalue weighted by Gasteiger charge is -2.18. The number of carbonyl (C=O) groups excluding carboxylic acids is 1. The van der Waals surface area contributed by atoms with E-state index in [4.69, 9.17) is 21.1 Å². The molecule has 3 N–H and O–H groups in total. The highest BCUT2D eigenvalue weighted by Crippen LogP contribution is 2.30. The van der Waals surface area contributed by atoms with Crippen molar-refractivity contribution in [2.75, 3.05) is 0 Å².